The number of hydrogen-bond acceptors (Lipinski definition) is 5. The van der Waals surface area contributed by atoms with E-state index in [2.05, 4.69) is 10.3 Å². The average Bonchev–Trinajstić information content (AvgIpc) is 2.68. The third-order valence-corrected chi connectivity index (χ3v) is 5.06. The molecule has 2 saturated heterocycles. The molecule has 2 aromatic rings. The molecule has 1 amide bonds. The zero-order valence-electron chi connectivity index (χ0n) is 14.7. The van der Waals surface area contributed by atoms with Crippen molar-refractivity contribution in [2.24, 2.45) is 5.92 Å². The summed E-state index contributed by atoms with van der Waals surface area (Å²) in [6.07, 6.45) is 2.04. The van der Waals surface area contributed by atoms with Crippen molar-refractivity contribution in [3.05, 3.63) is 54.0 Å². The lowest BCUT2D eigenvalue weighted by molar-refractivity contribution is -0.143. The van der Waals surface area contributed by atoms with Crippen LogP contribution in [0, 0.1) is 17.1 Å². The highest BCUT2D eigenvalue weighted by Crippen LogP contribution is 2.41. The lowest BCUT2D eigenvalue weighted by atomic mass is 9.73. The van der Waals surface area contributed by atoms with E-state index in [1.165, 1.54) is 24.1 Å². The number of benzene rings is 1. The van der Waals surface area contributed by atoms with E-state index in [0.717, 1.165) is 0 Å². The number of nitrogens with one attached hydrogen (secondary N) is 2. The number of ether oxygens (including phenoxy) is 2. The molecule has 1 aromatic carbocycles. The Bertz CT molecular complexity index is 892. The minimum absolute atomic E-state index is 0.0859. The van der Waals surface area contributed by atoms with Gasteiger partial charge in [0, 0.05) is 31.5 Å². The molecular formula is C19H19FN4O3. The molecule has 2 N–H and O–H groups in total. The number of carbonyl (C=O) groups excluding carboxylic acids is 1. The first-order valence-electron chi connectivity index (χ1n) is 8.62. The topological polar surface area (TPSA) is 87.5 Å². The first-order valence-corrected chi connectivity index (χ1v) is 8.62. The highest BCUT2D eigenvalue weighted by Gasteiger charge is 2.53. The average molecular weight is 370 g/mol. The van der Waals surface area contributed by atoms with Crippen molar-refractivity contribution in [3.63, 3.8) is 0 Å². The van der Waals surface area contributed by atoms with Crippen molar-refractivity contribution < 1.29 is 18.7 Å². The van der Waals surface area contributed by atoms with Crippen LogP contribution in [0.1, 0.15) is 12.0 Å². The van der Waals surface area contributed by atoms with Crippen molar-refractivity contribution in [3.8, 4) is 11.6 Å². The zero-order chi connectivity index (χ0) is 19.0. The summed E-state index contributed by atoms with van der Waals surface area (Å²) in [6.45, 7) is 0.496. The van der Waals surface area contributed by atoms with Crippen molar-refractivity contribution in [2.45, 2.75) is 12.0 Å². The summed E-state index contributed by atoms with van der Waals surface area (Å²) in [5, 5.41) is 11.1. The predicted octanol–water partition coefficient (Wildman–Crippen LogP) is 2.24. The fraction of sp³-hybridized carbons (Fsp3) is 0.316. The maximum atomic E-state index is 14.8. The van der Waals surface area contributed by atoms with Gasteiger partial charge in [0.15, 0.2) is 5.96 Å². The number of pyridine rings is 1. The molecule has 0 saturated carbocycles. The Kier molecular flexibility index (Phi) is 4.27. The molecule has 0 aliphatic carbocycles. The van der Waals surface area contributed by atoms with Crippen LogP contribution >= 0.6 is 0 Å². The van der Waals surface area contributed by atoms with Crippen molar-refractivity contribution in [1.29, 1.82) is 5.41 Å². The molecular weight excluding hydrogens is 351 g/mol. The fourth-order valence-corrected chi connectivity index (χ4v) is 3.65. The Hall–Kier alpha value is -3.00. The second-order valence-electron chi connectivity index (χ2n) is 6.65. The third kappa shape index (κ3) is 2.91. The van der Waals surface area contributed by atoms with E-state index in [1.54, 1.807) is 30.5 Å². The molecule has 7 nitrogen and oxygen atoms in total. The molecule has 2 aliphatic heterocycles. The number of fused-ring (bicyclic) bond motifs is 1. The molecule has 0 spiro atoms. The summed E-state index contributed by atoms with van der Waals surface area (Å²) in [7, 11) is 1.54. The molecule has 27 heavy (non-hydrogen) atoms. The number of aromatic nitrogens is 1. The van der Waals surface area contributed by atoms with Crippen LogP contribution in [0.25, 0.3) is 0 Å². The number of amides is 1. The molecule has 3 heterocycles. The Labute approximate surface area is 155 Å². The monoisotopic (exact) mass is 370 g/mol. The maximum Gasteiger partial charge on any atom is 0.235 e. The minimum Gasteiger partial charge on any atom is -0.439 e. The molecule has 4 rings (SSSR count). The summed E-state index contributed by atoms with van der Waals surface area (Å²) in [6, 6.07) is 9.60. The van der Waals surface area contributed by atoms with Gasteiger partial charge in [0.05, 0.1) is 12.5 Å². The van der Waals surface area contributed by atoms with Gasteiger partial charge < -0.3 is 14.8 Å². The lowest BCUT2D eigenvalue weighted by Gasteiger charge is -2.49. The van der Waals surface area contributed by atoms with E-state index >= 15 is 0 Å². The van der Waals surface area contributed by atoms with E-state index in [4.69, 9.17) is 14.9 Å². The smallest absolute Gasteiger partial charge is 0.235 e. The Morgan fingerprint density at radius 2 is 2.26 bits per heavy atom. The van der Waals surface area contributed by atoms with Gasteiger partial charge >= 0.3 is 0 Å². The normalized spacial score (nSPS) is 25.0. The largest absolute Gasteiger partial charge is 0.439 e. The van der Waals surface area contributed by atoms with Crippen molar-refractivity contribution >= 4 is 11.9 Å². The number of guanidine groups is 1. The third-order valence-electron chi connectivity index (χ3n) is 5.06. The summed E-state index contributed by atoms with van der Waals surface area (Å²) in [5.41, 5.74) is -0.904. The fourth-order valence-electron chi connectivity index (χ4n) is 3.65. The number of carbonyl (C=O) groups is 1. The quantitative estimate of drug-likeness (QED) is 0.865. The van der Waals surface area contributed by atoms with Crippen LogP contribution in [0.4, 0.5) is 4.39 Å². The van der Waals surface area contributed by atoms with E-state index in [1.807, 2.05) is 0 Å². The molecule has 1 aromatic heterocycles. The number of rotatable bonds is 3. The van der Waals surface area contributed by atoms with Crippen molar-refractivity contribution in [2.75, 3.05) is 20.3 Å². The molecule has 1 unspecified atom stereocenters. The second-order valence-corrected chi connectivity index (χ2v) is 6.65. The van der Waals surface area contributed by atoms with Crippen LogP contribution in [0.2, 0.25) is 0 Å². The minimum atomic E-state index is -1.15. The van der Waals surface area contributed by atoms with Crippen LogP contribution in [0.5, 0.6) is 11.6 Å². The van der Waals surface area contributed by atoms with Gasteiger partial charge in [-0.1, -0.05) is 6.07 Å². The van der Waals surface area contributed by atoms with E-state index < -0.39 is 17.3 Å². The molecule has 0 radical (unpaired) electrons. The number of nitrogens with zero attached hydrogens (tertiary/aromatic N) is 2. The SMILES string of the molecule is CN1C(=N)NC2(c3cc(Oc4ccccn4)ccc3F)COCC[C@H]2C1=O. The maximum absolute atomic E-state index is 14.8. The molecule has 2 fully saturated rings. The Morgan fingerprint density at radius 3 is 3.04 bits per heavy atom. The molecule has 8 heteroatoms. The lowest BCUT2D eigenvalue weighted by Crippen LogP contribution is -2.68. The first kappa shape index (κ1) is 17.4. The number of halogens is 1. The highest BCUT2D eigenvalue weighted by molar-refractivity contribution is 6.00. The van der Waals surface area contributed by atoms with Gasteiger partial charge in [0.2, 0.25) is 11.8 Å². The second kappa shape index (κ2) is 6.62. The highest BCUT2D eigenvalue weighted by atomic mass is 19.1. The molecule has 2 aliphatic rings. The molecule has 140 valence electrons. The predicted molar refractivity (Wildman–Crippen MR) is 94.9 cm³/mol. The van der Waals surface area contributed by atoms with Gasteiger partial charge in [-0.25, -0.2) is 9.37 Å². The van der Waals surface area contributed by atoms with Gasteiger partial charge in [-0.15, -0.1) is 0 Å². The van der Waals surface area contributed by atoms with Crippen LogP contribution < -0.4 is 10.1 Å². The van der Waals surface area contributed by atoms with Crippen molar-refractivity contribution in [1.82, 2.24) is 15.2 Å². The van der Waals surface area contributed by atoms with Crippen LogP contribution in [0.3, 0.4) is 0 Å². The van der Waals surface area contributed by atoms with Crippen LogP contribution in [0.15, 0.2) is 42.6 Å². The Balaban J connectivity index is 1.77. The van der Waals surface area contributed by atoms with E-state index in [-0.39, 0.29) is 24.0 Å². The summed E-state index contributed by atoms with van der Waals surface area (Å²) in [4.78, 5) is 18.1. The molecule has 0 bridgehead atoms. The van der Waals surface area contributed by atoms with E-state index in [0.29, 0.717) is 24.7 Å². The van der Waals surface area contributed by atoms with Crippen LogP contribution in [-0.4, -0.2) is 42.0 Å². The zero-order valence-corrected chi connectivity index (χ0v) is 14.7. The standard InChI is InChI=1S/C19H19FN4O3/c1-24-17(25)13-7-9-26-11-19(13,23-18(24)21)14-10-12(5-6-15(14)20)27-16-4-2-3-8-22-16/h2-6,8,10,13H,7,9,11H2,1H3,(H2,21,23)/t13-,19?/m0/s1. The summed E-state index contributed by atoms with van der Waals surface area (Å²) < 4.78 is 26.2. The van der Waals surface area contributed by atoms with E-state index in [9.17, 15) is 9.18 Å². The van der Waals surface area contributed by atoms with Crippen LogP contribution in [-0.2, 0) is 15.1 Å². The van der Waals surface area contributed by atoms with Gasteiger partial charge in [-0.3, -0.25) is 15.1 Å². The van der Waals surface area contributed by atoms with Gasteiger partial charge in [0.1, 0.15) is 17.1 Å². The first-order chi connectivity index (χ1) is 13.0. The van der Waals surface area contributed by atoms with Gasteiger partial charge in [0.25, 0.3) is 0 Å². The summed E-state index contributed by atoms with van der Waals surface area (Å²) >= 11 is 0. The Morgan fingerprint density at radius 1 is 1.41 bits per heavy atom. The molecule has 2 atom stereocenters. The van der Waals surface area contributed by atoms with Gasteiger partial charge in [-0.05, 0) is 30.7 Å². The number of hydrogen-bond donors (Lipinski definition) is 2. The summed E-state index contributed by atoms with van der Waals surface area (Å²) in [5.74, 6) is -0.566. The van der Waals surface area contributed by atoms with Gasteiger partial charge in [-0.2, -0.15) is 0 Å².